The fourth-order valence-electron chi connectivity index (χ4n) is 5.27. The van der Waals surface area contributed by atoms with E-state index in [1.54, 1.807) is 0 Å². The zero-order valence-corrected chi connectivity index (χ0v) is 19.2. The van der Waals surface area contributed by atoms with Crippen LogP contribution in [0.5, 0.6) is 0 Å². The van der Waals surface area contributed by atoms with Crippen molar-refractivity contribution in [3.63, 3.8) is 0 Å². The minimum absolute atomic E-state index is 0.171. The first-order valence-electron chi connectivity index (χ1n) is 10.7. The fourth-order valence-corrected chi connectivity index (χ4v) is 5.27. The smallest absolute Gasteiger partial charge is 0.0000224 e. The highest BCUT2D eigenvalue weighted by Crippen LogP contribution is 2.50. The molecule has 0 aromatic carbocycles. The van der Waals surface area contributed by atoms with Gasteiger partial charge in [0.25, 0.3) is 0 Å². The van der Waals surface area contributed by atoms with E-state index in [0.717, 1.165) is 0 Å². The topological polar surface area (TPSA) is 0 Å². The van der Waals surface area contributed by atoms with Gasteiger partial charge in [-0.2, -0.15) is 0 Å². The summed E-state index contributed by atoms with van der Waals surface area (Å²) in [7, 11) is 0. The molecule has 0 aliphatic heterocycles. The van der Waals surface area contributed by atoms with E-state index in [2.05, 4.69) is 101 Å². The van der Waals surface area contributed by atoms with Crippen molar-refractivity contribution in [2.45, 2.75) is 93.9 Å². The normalized spacial score (nSPS) is 23.4. The first kappa shape index (κ1) is 22.3. The molecule has 0 atom stereocenters. The fraction of sp³-hybridized carbons (Fsp3) is 0.643. The zero-order valence-electron chi connectivity index (χ0n) is 19.2. The lowest BCUT2D eigenvalue weighted by atomic mass is 9.62. The van der Waals surface area contributed by atoms with E-state index in [1.165, 1.54) is 49.7 Å². The van der Waals surface area contributed by atoms with Gasteiger partial charge in [-0.3, -0.25) is 0 Å². The summed E-state index contributed by atoms with van der Waals surface area (Å²) in [5, 5.41) is 0. The Kier molecular flexibility index (Phi) is 6.48. The van der Waals surface area contributed by atoms with Crippen molar-refractivity contribution >= 4 is 0 Å². The van der Waals surface area contributed by atoms with Gasteiger partial charge in [0.1, 0.15) is 0 Å². The average Bonchev–Trinajstić information content (AvgIpc) is 2.52. The maximum atomic E-state index is 3.35. The second-order valence-electron chi connectivity index (χ2n) is 11.0. The summed E-state index contributed by atoms with van der Waals surface area (Å²) in [5.41, 5.74) is 27.6. The molecule has 2 aliphatic carbocycles. The van der Waals surface area contributed by atoms with Crippen LogP contribution in [0.1, 0.15) is 93.9 Å². The first-order valence-corrected chi connectivity index (χ1v) is 10.7. The predicted molar refractivity (Wildman–Crippen MR) is 118 cm³/mol. The van der Waals surface area contributed by atoms with Crippen molar-refractivity contribution in [3.8, 4) is 0 Å². The molecule has 28 heavy (non-hydrogen) atoms. The molecular weight excluding hydrogens is 336 g/mol. The van der Waals surface area contributed by atoms with Gasteiger partial charge in [-0.1, -0.05) is 79.7 Å². The number of allylic oxidation sites excluding steroid dienone is 2. The van der Waals surface area contributed by atoms with Crippen LogP contribution >= 0.6 is 0 Å². The van der Waals surface area contributed by atoms with Crippen molar-refractivity contribution in [3.05, 3.63) is 57.0 Å². The standard InChI is InChI=1S/C28H36/c1-25(2)19-15-20-26(3,4)23(25)17-13-11-9-10-12-14-18-24-27(5,6)21-16-22-28(24,7)8/h15-16,19-22H2,1-8H3. The van der Waals surface area contributed by atoms with Crippen LogP contribution in [0.15, 0.2) is 57.0 Å². The van der Waals surface area contributed by atoms with Crippen molar-refractivity contribution in [1.82, 2.24) is 0 Å². The van der Waals surface area contributed by atoms with Gasteiger partial charge in [-0.15, -0.1) is 0 Å². The van der Waals surface area contributed by atoms with E-state index >= 15 is 0 Å². The van der Waals surface area contributed by atoms with Crippen molar-refractivity contribution in [2.75, 3.05) is 0 Å². The minimum Gasteiger partial charge on any atom is -0.0605 e. The van der Waals surface area contributed by atoms with Crippen LogP contribution in [0, 0.1) is 21.7 Å². The van der Waals surface area contributed by atoms with E-state index in [9.17, 15) is 0 Å². The van der Waals surface area contributed by atoms with E-state index in [1.807, 2.05) is 0 Å². The Bertz CT molecular complexity index is 823. The molecular formula is C28H36. The molecule has 0 aromatic heterocycles. The summed E-state index contributed by atoms with van der Waals surface area (Å²) >= 11 is 0. The van der Waals surface area contributed by atoms with Gasteiger partial charge < -0.3 is 0 Å². The molecule has 0 aromatic rings. The Balaban J connectivity index is 2.51. The van der Waals surface area contributed by atoms with Gasteiger partial charge in [-0.05, 0) is 92.9 Å². The van der Waals surface area contributed by atoms with Gasteiger partial charge >= 0.3 is 0 Å². The largest absolute Gasteiger partial charge is 0.0605 e. The molecule has 2 aliphatic rings. The molecule has 0 saturated heterocycles. The molecule has 148 valence electrons. The molecule has 2 saturated carbocycles. The van der Waals surface area contributed by atoms with E-state index in [4.69, 9.17) is 0 Å². The van der Waals surface area contributed by atoms with Gasteiger partial charge in [-0.25, -0.2) is 0 Å². The van der Waals surface area contributed by atoms with Crippen LogP contribution in [-0.2, 0) is 0 Å². The lowest BCUT2D eigenvalue weighted by Crippen LogP contribution is -2.31. The maximum Gasteiger partial charge on any atom is -0.0000224 e. The summed E-state index contributed by atoms with van der Waals surface area (Å²) in [6, 6.07) is 0. The molecule has 0 nitrogen and oxygen atoms in total. The SMILES string of the molecule is CC1(C)CCCC(C)(C)C1=C=C=C=C=C=C=C=C=C1C(C)(C)CCCC1(C)C. The monoisotopic (exact) mass is 372 g/mol. The summed E-state index contributed by atoms with van der Waals surface area (Å²) < 4.78 is 0. The molecule has 0 radical (unpaired) electrons. The summed E-state index contributed by atoms with van der Waals surface area (Å²) in [5.74, 6) is 0. The van der Waals surface area contributed by atoms with Gasteiger partial charge in [0.05, 0.1) is 0 Å². The van der Waals surface area contributed by atoms with Crippen LogP contribution in [0.3, 0.4) is 0 Å². The Morgan fingerprint density at radius 1 is 0.429 bits per heavy atom. The molecule has 0 heteroatoms. The van der Waals surface area contributed by atoms with Crippen LogP contribution in [0.25, 0.3) is 0 Å². The molecule has 0 amide bonds. The molecule has 2 fully saturated rings. The predicted octanol–water partition coefficient (Wildman–Crippen LogP) is 8.00. The summed E-state index contributed by atoms with van der Waals surface area (Å²) in [4.78, 5) is 0. The van der Waals surface area contributed by atoms with E-state index < -0.39 is 0 Å². The highest BCUT2D eigenvalue weighted by atomic mass is 14.4. The molecule has 0 N–H and O–H groups in total. The van der Waals surface area contributed by atoms with Crippen molar-refractivity contribution in [1.29, 1.82) is 0 Å². The van der Waals surface area contributed by atoms with Crippen molar-refractivity contribution < 1.29 is 0 Å². The van der Waals surface area contributed by atoms with Crippen LogP contribution in [0.4, 0.5) is 0 Å². The molecule has 0 heterocycles. The number of hydrogen-bond donors (Lipinski definition) is 0. The highest BCUT2D eigenvalue weighted by Gasteiger charge is 2.39. The second-order valence-corrected chi connectivity index (χ2v) is 11.0. The second kappa shape index (κ2) is 8.15. The molecule has 0 bridgehead atoms. The average molecular weight is 373 g/mol. The Morgan fingerprint density at radius 2 is 0.679 bits per heavy atom. The molecule has 2 rings (SSSR count). The third-order valence-corrected chi connectivity index (χ3v) is 6.60. The number of rotatable bonds is 0. The Hall–Kier alpha value is -2.02. The number of hydrogen-bond acceptors (Lipinski definition) is 0. The lowest BCUT2D eigenvalue weighted by Gasteiger charge is -2.42. The quantitative estimate of drug-likeness (QED) is 0.378. The molecule has 0 spiro atoms. The Morgan fingerprint density at radius 3 is 0.964 bits per heavy atom. The van der Waals surface area contributed by atoms with E-state index in [-0.39, 0.29) is 21.7 Å². The van der Waals surface area contributed by atoms with Crippen LogP contribution in [0.2, 0.25) is 0 Å². The third kappa shape index (κ3) is 5.28. The summed E-state index contributed by atoms with van der Waals surface area (Å²) in [6.07, 6.45) is 7.36. The lowest BCUT2D eigenvalue weighted by molar-refractivity contribution is 0.216. The third-order valence-electron chi connectivity index (χ3n) is 6.60. The zero-order chi connectivity index (χ0) is 21.1. The Labute approximate surface area is 172 Å². The summed E-state index contributed by atoms with van der Waals surface area (Å²) in [6.45, 7) is 18.4. The van der Waals surface area contributed by atoms with Crippen molar-refractivity contribution in [2.24, 2.45) is 21.7 Å². The van der Waals surface area contributed by atoms with E-state index in [0.29, 0.717) is 0 Å². The minimum atomic E-state index is 0.171. The van der Waals surface area contributed by atoms with Crippen LogP contribution < -0.4 is 0 Å². The maximum absolute atomic E-state index is 3.35. The van der Waals surface area contributed by atoms with Gasteiger partial charge in [0.15, 0.2) is 0 Å². The van der Waals surface area contributed by atoms with Crippen LogP contribution in [-0.4, -0.2) is 0 Å². The highest BCUT2D eigenvalue weighted by molar-refractivity contribution is 5.22. The van der Waals surface area contributed by atoms with Gasteiger partial charge in [0, 0.05) is 0 Å². The molecule has 0 unspecified atom stereocenters. The van der Waals surface area contributed by atoms with Gasteiger partial charge in [0.2, 0.25) is 0 Å². The first-order chi connectivity index (χ1) is 12.9.